The molecule has 2 rings (SSSR count). The zero-order chi connectivity index (χ0) is 10.3. The fourth-order valence-electron chi connectivity index (χ4n) is 1.41. The molecule has 0 fully saturated rings. The second kappa shape index (κ2) is 3.00. The Morgan fingerprint density at radius 2 is 2.07 bits per heavy atom. The largest absolute Gasteiger partial charge is 0.416 e. The number of halogens is 3. The Morgan fingerprint density at radius 3 is 2.71 bits per heavy atom. The van der Waals surface area contributed by atoms with Gasteiger partial charge < -0.3 is 9.76 Å². The van der Waals surface area contributed by atoms with E-state index in [2.05, 4.69) is 4.65 Å². The van der Waals surface area contributed by atoms with Gasteiger partial charge in [-0.05, 0) is 11.5 Å². The quantitative estimate of drug-likeness (QED) is 0.633. The van der Waals surface area contributed by atoms with Crippen molar-refractivity contribution in [3.05, 3.63) is 29.3 Å². The Hall–Kier alpha value is -1.01. The fourth-order valence-corrected chi connectivity index (χ4v) is 1.41. The van der Waals surface area contributed by atoms with Crippen LogP contribution in [-0.4, -0.2) is 12.6 Å². The molecule has 1 aromatic rings. The second-order valence-corrected chi connectivity index (χ2v) is 2.91. The molecule has 0 bridgehead atoms. The molecular weight excluding hydrogens is 196 g/mol. The van der Waals surface area contributed by atoms with E-state index in [0.717, 1.165) is 13.5 Å². The Labute approximate surface area is 78.6 Å². The lowest BCUT2D eigenvalue weighted by Crippen LogP contribution is -2.18. The van der Waals surface area contributed by atoms with Crippen LogP contribution in [-0.2, 0) is 10.8 Å². The Bertz CT molecular complexity index is 364. The first-order valence-corrected chi connectivity index (χ1v) is 3.87. The Morgan fingerprint density at radius 1 is 1.36 bits per heavy atom. The molecule has 0 saturated carbocycles. The predicted molar refractivity (Wildman–Crippen MR) is 42.9 cm³/mol. The minimum Gasteiger partial charge on any atom is -0.407 e. The molecule has 0 aliphatic carbocycles. The van der Waals surface area contributed by atoms with Gasteiger partial charge in [0.15, 0.2) is 6.29 Å². The minimum atomic E-state index is -4.46. The molecule has 0 spiro atoms. The fraction of sp³-hybridized carbons (Fsp3) is 0.250. The van der Waals surface area contributed by atoms with E-state index in [0.29, 0.717) is 0 Å². The van der Waals surface area contributed by atoms with Crippen LogP contribution in [0.25, 0.3) is 0 Å². The van der Waals surface area contributed by atoms with Gasteiger partial charge in [-0.25, -0.2) is 0 Å². The molecule has 1 N–H and O–H groups in total. The first kappa shape index (κ1) is 9.55. The Balaban J connectivity index is 2.58. The van der Waals surface area contributed by atoms with Crippen LogP contribution in [0.4, 0.5) is 13.2 Å². The molecule has 6 heteroatoms. The minimum absolute atomic E-state index is 0.208. The molecule has 14 heavy (non-hydrogen) atoms. The summed E-state index contributed by atoms with van der Waals surface area (Å²) in [6.07, 6.45) is -5.98. The van der Waals surface area contributed by atoms with Crippen molar-refractivity contribution in [2.45, 2.75) is 12.5 Å². The van der Waals surface area contributed by atoms with Crippen LogP contribution in [0.15, 0.2) is 18.2 Å². The lowest BCUT2D eigenvalue weighted by Gasteiger charge is -2.13. The van der Waals surface area contributed by atoms with Gasteiger partial charge in [0.05, 0.1) is 5.56 Å². The van der Waals surface area contributed by atoms with Crippen LogP contribution in [0.5, 0.6) is 0 Å². The van der Waals surface area contributed by atoms with E-state index in [1.165, 1.54) is 12.1 Å². The van der Waals surface area contributed by atoms with Crippen molar-refractivity contribution >= 4 is 12.9 Å². The summed E-state index contributed by atoms with van der Waals surface area (Å²) in [5, 5.41) is 9.17. The highest BCUT2D eigenvalue weighted by Gasteiger charge is 2.38. The highest BCUT2D eigenvalue weighted by atomic mass is 19.4. The van der Waals surface area contributed by atoms with Crippen LogP contribution < -0.4 is 5.46 Å². The summed E-state index contributed by atoms with van der Waals surface area (Å²) in [4.78, 5) is 0. The van der Waals surface area contributed by atoms with Crippen LogP contribution >= 0.6 is 0 Å². The number of alkyl halides is 3. The van der Waals surface area contributed by atoms with Crippen molar-refractivity contribution in [3.63, 3.8) is 0 Å². The van der Waals surface area contributed by atoms with Crippen molar-refractivity contribution < 1.29 is 22.9 Å². The highest BCUT2D eigenvalue weighted by Crippen LogP contribution is 2.35. The predicted octanol–water partition coefficient (Wildman–Crippen LogP) is 0.971. The second-order valence-electron chi connectivity index (χ2n) is 2.91. The van der Waals surface area contributed by atoms with Crippen molar-refractivity contribution in [2.75, 3.05) is 0 Å². The molecule has 2 nitrogen and oxygen atoms in total. The van der Waals surface area contributed by atoms with E-state index < -0.39 is 18.0 Å². The van der Waals surface area contributed by atoms with E-state index in [-0.39, 0.29) is 11.0 Å². The molecular formula is C8H5BF3O2. The smallest absolute Gasteiger partial charge is 0.407 e. The first-order valence-electron chi connectivity index (χ1n) is 3.87. The lowest BCUT2D eigenvalue weighted by molar-refractivity contribution is -0.141. The van der Waals surface area contributed by atoms with E-state index in [1.807, 2.05) is 0 Å². The van der Waals surface area contributed by atoms with Crippen molar-refractivity contribution in [1.29, 1.82) is 0 Å². The number of rotatable bonds is 0. The summed E-state index contributed by atoms with van der Waals surface area (Å²) in [5.74, 6) is 0. The number of fused-ring (bicyclic) bond motifs is 1. The molecule has 1 aliphatic rings. The number of hydrogen-bond acceptors (Lipinski definition) is 2. The molecule has 1 unspecified atom stereocenters. The average Bonchev–Trinajstić information content (AvgIpc) is 2.46. The molecule has 1 heterocycles. The van der Waals surface area contributed by atoms with Gasteiger partial charge in [0.1, 0.15) is 0 Å². The Kier molecular flexibility index (Phi) is 2.04. The summed E-state index contributed by atoms with van der Waals surface area (Å²) in [7, 11) is 1.12. The van der Waals surface area contributed by atoms with Gasteiger partial charge in [-0.3, -0.25) is 0 Å². The molecule has 0 amide bonds. The van der Waals surface area contributed by atoms with Crippen LogP contribution in [0.2, 0.25) is 0 Å². The van der Waals surface area contributed by atoms with Crippen LogP contribution in [0.1, 0.15) is 17.4 Å². The molecule has 1 atom stereocenters. The molecule has 0 saturated heterocycles. The molecule has 0 aromatic heterocycles. The number of aliphatic hydroxyl groups excluding tert-OH is 1. The third kappa shape index (κ3) is 1.40. The van der Waals surface area contributed by atoms with Gasteiger partial charge in [-0.15, -0.1) is 0 Å². The van der Waals surface area contributed by atoms with Crippen molar-refractivity contribution in [2.24, 2.45) is 0 Å². The van der Waals surface area contributed by atoms with Crippen LogP contribution in [0, 0.1) is 0 Å². The normalized spacial score (nSPS) is 20.4. The van der Waals surface area contributed by atoms with E-state index in [9.17, 15) is 18.3 Å². The van der Waals surface area contributed by atoms with Gasteiger partial charge in [-0.1, -0.05) is 12.1 Å². The molecule has 1 aromatic carbocycles. The van der Waals surface area contributed by atoms with Gasteiger partial charge in [-0.2, -0.15) is 13.2 Å². The van der Waals surface area contributed by atoms with Gasteiger partial charge >= 0.3 is 13.7 Å². The van der Waals surface area contributed by atoms with E-state index >= 15 is 0 Å². The van der Waals surface area contributed by atoms with Gasteiger partial charge in [0, 0.05) is 5.56 Å². The standard InChI is InChI=1S/C8H5BF3O2/c10-8(11,12)4-2-1-3-5-6(4)7(13)14-9-5/h1-3,7,13H. The molecule has 1 aliphatic heterocycles. The topological polar surface area (TPSA) is 29.5 Å². The van der Waals surface area contributed by atoms with Gasteiger partial charge in [0.2, 0.25) is 0 Å². The number of aliphatic hydroxyl groups is 1. The lowest BCUT2D eigenvalue weighted by atomic mass is 9.85. The monoisotopic (exact) mass is 201 g/mol. The maximum Gasteiger partial charge on any atom is 0.416 e. The molecule has 73 valence electrons. The van der Waals surface area contributed by atoms with Crippen molar-refractivity contribution in [3.8, 4) is 0 Å². The van der Waals surface area contributed by atoms with E-state index in [1.54, 1.807) is 0 Å². The molecule has 1 radical (unpaired) electrons. The average molecular weight is 201 g/mol. The zero-order valence-corrected chi connectivity index (χ0v) is 6.88. The maximum absolute atomic E-state index is 12.4. The first-order chi connectivity index (χ1) is 6.50. The van der Waals surface area contributed by atoms with E-state index in [4.69, 9.17) is 0 Å². The SMILES string of the molecule is OC1O[B]c2cccc(C(F)(F)F)c21. The summed E-state index contributed by atoms with van der Waals surface area (Å²) in [5.41, 5.74) is -0.788. The number of hydrogen-bond donors (Lipinski definition) is 1. The number of benzene rings is 1. The zero-order valence-electron chi connectivity index (χ0n) is 6.88. The highest BCUT2D eigenvalue weighted by molar-refractivity contribution is 6.49. The van der Waals surface area contributed by atoms with Crippen LogP contribution in [0.3, 0.4) is 0 Å². The summed E-state index contributed by atoms with van der Waals surface area (Å²) >= 11 is 0. The summed E-state index contributed by atoms with van der Waals surface area (Å²) in [6, 6.07) is 3.66. The third-order valence-electron chi connectivity index (χ3n) is 2.02. The third-order valence-corrected chi connectivity index (χ3v) is 2.02. The maximum atomic E-state index is 12.4. The summed E-state index contributed by atoms with van der Waals surface area (Å²) < 4.78 is 41.9. The summed E-state index contributed by atoms with van der Waals surface area (Å²) in [6.45, 7) is 0. The van der Waals surface area contributed by atoms with Crippen molar-refractivity contribution in [1.82, 2.24) is 0 Å². The van der Waals surface area contributed by atoms with Gasteiger partial charge in [0.25, 0.3) is 0 Å².